The molecule has 2 amide bonds. The molecule has 0 aliphatic carbocycles. The summed E-state index contributed by atoms with van der Waals surface area (Å²) < 4.78 is 18.7. The number of anilines is 2. The minimum absolute atomic E-state index is 0.00826. The minimum Gasteiger partial charge on any atom is -0.449 e. The van der Waals surface area contributed by atoms with Gasteiger partial charge in [-0.1, -0.05) is 12.1 Å². The molecule has 1 heterocycles. The third kappa shape index (κ3) is 4.02. The average Bonchev–Trinajstić information content (AvgIpc) is 2.62. The molecular formula is C18H15FN2O4S. The number of fused-ring (bicyclic) bond motifs is 1. The molecule has 0 radical (unpaired) electrons. The molecule has 8 heteroatoms. The van der Waals surface area contributed by atoms with Gasteiger partial charge in [-0.3, -0.25) is 9.59 Å². The predicted molar refractivity (Wildman–Crippen MR) is 95.7 cm³/mol. The van der Waals surface area contributed by atoms with E-state index in [9.17, 15) is 18.8 Å². The number of nitrogens with one attached hydrogen (secondary N) is 2. The van der Waals surface area contributed by atoms with E-state index in [4.69, 9.17) is 4.74 Å². The van der Waals surface area contributed by atoms with Crippen LogP contribution in [0.4, 0.5) is 15.8 Å². The SMILES string of the molecule is C[C@@H](OC(=O)c1ccc2c(c1)NC(=O)CS2)C(=O)Nc1ccccc1F. The number of benzene rings is 2. The molecule has 1 aliphatic heterocycles. The first kappa shape index (κ1) is 17.9. The molecule has 26 heavy (non-hydrogen) atoms. The van der Waals surface area contributed by atoms with Crippen molar-refractivity contribution in [2.45, 2.75) is 17.9 Å². The van der Waals surface area contributed by atoms with Crippen LogP contribution in [0.2, 0.25) is 0 Å². The molecule has 6 nitrogen and oxygen atoms in total. The average molecular weight is 374 g/mol. The van der Waals surface area contributed by atoms with Crippen LogP contribution in [0.5, 0.6) is 0 Å². The van der Waals surface area contributed by atoms with Crippen LogP contribution in [-0.2, 0) is 14.3 Å². The lowest BCUT2D eigenvalue weighted by Crippen LogP contribution is -2.30. The molecule has 134 valence electrons. The molecular weight excluding hydrogens is 359 g/mol. The van der Waals surface area contributed by atoms with Crippen molar-refractivity contribution in [1.29, 1.82) is 0 Å². The number of hydrogen-bond acceptors (Lipinski definition) is 5. The topological polar surface area (TPSA) is 84.5 Å². The lowest BCUT2D eigenvalue weighted by Gasteiger charge is -2.18. The second-order valence-corrected chi connectivity index (χ2v) is 6.58. The quantitative estimate of drug-likeness (QED) is 0.804. The van der Waals surface area contributed by atoms with Gasteiger partial charge in [0.1, 0.15) is 5.82 Å². The lowest BCUT2D eigenvalue weighted by molar-refractivity contribution is -0.123. The third-order valence-electron chi connectivity index (χ3n) is 3.63. The molecule has 2 aromatic rings. The van der Waals surface area contributed by atoms with Crippen LogP contribution < -0.4 is 10.6 Å². The van der Waals surface area contributed by atoms with E-state index < -0.39 is 23.8 Å². The largest absolute Gasteiger partial charge is 0.449 e. The fourth-order valence-corrected chi connectivity index (χ4v) is 3.08. The summed E-state index contributed by atoms with van der Waals surface area (Å²) in [6.45, 7) is 1.39. The van der Waals surface area contributed by atoms with Gasteiger partial charge < -0.3 is 15.4 Å². The van der Waals surface area contributed by atoms with E-state index in [1.165, 1.54) is 43.0 Å². The highest BCUT2D eigenvalue weighted by Crippen LogP contribution is 2.32. The van der Waals surface area contributed by atoms with E-state index in [1.54, 1.807) is 18.2 Å². The van der Waals surface area contributed by atoms with E-state index in [2.05, 4.69) is 10.6 Å². The van der Waals surface area contributed by atoms with Gasteiger partial charge in [0.15, 0.2) is 6.10 Å². The summed E-state index contributed by atoms with van der Waals surface area (Å²) in [5.41, 5.74) is 0.746. The molecule has 0 saturated heterocycles. The van der Waals surface area contributed by atoms with Gasteiger partial charge in [0.25, 0.3) is 5.91 Å². The van der Waals surface area contributed by atoms with Crippen molar-refractivity contribution >= 4 is 40.9 Å². The van der Waals surface area contributed by atoms with Gasteiger partial charge in [-0.2, -0.15) is 0 Å². The van der Waals surface area contributed by atoms with E-state index >= 15 is 0 Å². The second-order valence-electron chi connectivity index (χ2n) is 5.56. The number of para-hydroxylation sites is 1. The summed E-state index contributed by atoms with van der Waals surface area (Å²) in [5, 5.41) is 5.05. The number of hydrogen-bond donors (Lipinski definition) is 2. The fourth-order valence-electron chi connectivity index (χ4n) is 2.29. The summed E-state index contributed by atoms with van der Waals surface area (Å²) in [6.07, 6.45) is -1.12. The minimum atomic E-state index is -1.12. The van der Waals surface area contributed by atoms with Gasteiger partial charge in [0.2, 0.25) is 5.91 Å². The number of ether oxygens (including phenoxy) is 1. The lowest BCUT2D eigenvalue weighted by atomic mass is 10.2. The Hall–Kier alpha value is -2.87. The molecule has 2 aromatic carbocycles. The van der Waals surface area contributed by atoms with Gasteiger partial charge in [0, 0.05) is 4.90 Å². The number of esters is 1. The fraction of sp³-hybridized carbons (Fsp3) is 0.167. The summed E-state index contributed by atoms with van der Waals surface area (Å²) in [7, 11) is 0. The summed E-state index contributed by atoms with van der Waals surface area (Å²) in [6, 6.07) is 10.5. The highest BCUT2D eigenvalue weighted by Gasteiger charge is 2.22. The Morgan fingerprint density at radius 1 is 1.27 bits per heavy atom. The first-order chi connectivity index (χ1) is 12.4. The molecule has 1 atom stereocenters. The van der Waals surface area contributed by atoms with Crippen molar-refractivity contribution in [2.75, 3.05) is 16.4 Å². The highest BCUT2D eigenvalue weighted by molar-refractivity contribution is 8.00. The Morgan fingerprint density at radius 2 is 2.04 bits per heavy atom. The standard InChI is InChI=1S/C18H15FN2O4S/c1-10(17(23)21-13-5-3-2-4-12(13)19)25-18(24)11-6-7-15-14(8-11)20-16(22)9-26-15/h2-8,10H,9H2,1H3,(H,20,22)(H,21,23)/t10-/m1/s1. The van der Waals surface area contributed by atoms with Crippen LogP contribution in [0, 0.1) is 5.82 Å². The zero-order chi connectivity index (χ0) is 18.7. The van der Waals surface area contributed by atoms with Gasteiger partial charge in [-0.05, 0) is 37.3 Å². The molecule has 0 saturated carbocycles. The van der Waals surface area contributed by atoms with Crippen molar-refractivity contribution in [1.82, 2.24) is 0 Å². The monoisotopic (exact) mass is 374 g/mol. The number of carbonyl (C=O) groups is 3. The van der Waals surface area contributed by atoms with Gasteiger partial charge in [-0.15, -0.1) is 11.8 Å². The van der Waals surface area contributed by atoms with Crippen LogP contribution in [0.25, 0.3) is 0 Å². The first-order valence-corrected chi connectivity index (χ1v) is 8.75. The van der Waals surface area contributed by atoms with E-state index in [-0.39, 0.29) is 17.2 Å². The maximum absolute atomic E-state index is 13.6. The van der Waals surface area contributed by atoms with Crippen LogP contribution in [0.15, 0.2) is 47.4 Å². The zero-order valence-electron chi connectivity index (χ0n) is 13.7. The van der Waals surface area contributed by atoms with Gasteiger partial charge in [0.05, 0.1) is 22.7 Å². The molecule has 0 fully saturated rings. The molecule has 1 aliphatic rings. The molecule has 0 bridgehead atoms. The summed E-state index contributed by atoms with van der Waals surface area (Å²) in [5.74, 6) is -1.77. The van der Waals surface area contributed by atoms with Crippen molar-refractivity contribution in [3.63, 3.8) is 0 Å². The summed E-state index contributed by atoms with van der Waals surface area (Å²) in [4.78, 5) is 36.6. The number of amides is 2. The summed E-state index contributed by atoms with van der Waals surface area (Å²) >= 11 is 1.37. The third-order valence-corrected chi connectivity index (χ3v) is 4.71. The molecule has 2 N–H and O–H groups in total. The van der Waals surface area contributed by atoms with Crippen LogP contribution in [0.1, 0.15) is 17.3 Å². The Balaban J connectivity index is 1.65. The normalized spacial score (nSPS) is 14.0. The van der Waals surface area contributed by atoms with E-state index in [1.807, 2.05) is 0 Å². The maximum atomic E-state index is 13.6. The highest BCUT2D eigenvalue weighted by atomic mass is 32.2. The number of halogens is 1. The van der Waals surface area contributed by atoms with E-state index in [0.29, 0.717) is 11.4 Å². The van der Waals surface area contributed by atoms with E-state index in [0.717, 1.165) is 4.90 Å². The Morgan fingerprint density at radius 3 is 2.81 bits per heavy atom. The molecule has 0 spiro atoms. The second kappa shape index (κ2) is 7.57. The van der Waals surface area contributed by atoms with Crippen LogP contribution >= 0.6 is 11.8 Å². The number of rotatable bonds is 4. The van der Waals surface area contributed by atoms with Crippen LogP contribution in [-0.4, -0.2) is 29.6 Å². The van der Waals surface area contributed by atoms with Crippen molar-refractivity contribution in [3.05, 3.63) is 53.8 Å². The predicted octanol–water partition coefficient (Wildman–Crippen LogP) is 3.05. The van der Waals surface area contributed by atoms with Crippen molar-refractivity contribution < 1.29 is 23.5 Å². The van der Waals surface area contributed by atoms with Gasteiger partial charge >= 0.3 is 5.97 Å². The smallest absolute Gasteiger partial charge is 0.338 e. The molecule has 0 aromatic heterocycles. The van der Waals surface area contributed by atoms with Crippen molar-refractivity contribution in [2.24, 2.45) is 0 Å². The Bertz CT molecular complexity index is 887. The molecule has 3 rings (SSSR count). The van der Waals surface area contributed by atoms with Gasteiger partial charge in [-0.25, -0.2) is 9.18 Å². The van der Waals surface area contributed by atoms with Crippen LogP contribution in [0.3, 0.4) is 0 Å². The van der Waals surface area contributed by atoms with Crippen molar-refractivity contribution in [3.8, 4) is 0 Å². The molecule has 0 unspecified atom stereocenters. The Kier molecular flexibility index (Phi) is 5.22. The maximum Gasteiger partial charge on any atom is 0.338 e. The first-order valence-electron chi connectivity index (χ1n) is 7.77. The number of thioether (sulfide) groups is 1. The number of carbonyl (C=O) groups excluding carboxylic acids is 3. The zero-order valence-corrected chi connectivity index (χ0v) is 14.6. The Labute approximate surface area is 153 Å².